The van der Waals surface area contributed by atoms with Gasteiger partial charge in [0.15, 0.2) is 0 Å². The molecule has 162 valence electrons. The maximum Gasteiger partial charge on any atom is 0.292 e. The van der Waals surface area contributed by atoms with Crippen LogP contribution in [0.2, 0.25) is 10.0 Å². The molecule has 8 nitrogen and oxygen atoms in total. The summed E-state index contributed by atoms with van der Waals surface area (Å²) < 4.78 is 6.17. The molecule has 1 amide bonds. The van der Waals surface area contributed by atoms with Crippen molar-refractivity contribution in [3.63, 3.8) is 0 Å². The maximum atomic E-state index is 12.8. The minimum absolute atomic E-state index is 0.0282. The molecule has 3 rings (SSSR count). The summed E-state index contributed by atoms with van der Waals surface area (Å²) in [4.78, 5) is 28.8. The number of rotatable bonds is 7. The van der Waals surface area contributed by atoms with Gasteiger partial charge in [0.05, 0.1) is 30.7 Å². The van der Waals surface area contributed by atoms with Crippen molar-refractivity contribution in [1.29, 1.82) is 0 Å². The van der Waals surface area contributed by atoms with Gasteiger partial charge in [-0.15, -0.1) is 0 Å². The molecule has 2 aromatic rings. The lowest BCUT2D eigenvalue weighted by Crippen LogP contribution is -2.50. The molecule has 0 unspecified atom stereocenters. The van der Waals surface area contributed by atoms with Crippen LogP contribution in [0.3, 0.4) is 0 Å². The van der Waals surface area contributed by atoms with Gasteiger partial charge in [0.2, 0.25) is 5.91 Å². The van der Waals surface area contributed by atoms with E-state index in [1.807, 2.05) is 17.9 Å². The number of hydrogen-bond donors (Lipinski definition) is 1. The fourth-order valence-corrected chi connectivity index (χ4v) is 3.66. The summed E-state index contributed by atoms with van der Waals surface area (Å²) >= 11 is 12.6. The van der Waals surface area contributed by atoms with Gasteiger partial charge in [0, 0.05) is 44.9 Å². The lowest BCUT2D eigenvalue weighted by atomic mass is 10.2. The highest BCUT2D eigenvalue weighted by atomic mass is 35.5. The number of carbonyl (C=O) groups excluding carboxylic acids is 1. The fraction of sp³-hybridized carbons (Fsp3) is 0.450. The molecule has 1 aliphatic rings. The molecule has 0 spiro atoms. The van der Waals surface area contributed by atoms with Crippen LogP contribution in [0.1, 0.15) is 5.56 Å². The number of nitrogens with one attached hydrogen (secondary N) is 1. The summed E-state index contributed by atoms with van der Waals surface area (Å²) in [7, 11) is 1.60. The van der Waals surface area contributed by atoms with E-state index in [1.165, 1.54) is 4.68 Å². The number of hydrogen-bond acceptors (Lipinski definition) is 6. The zero-order valence-electron chi connectivity index (χ0n) is 17.0. The van der Waals surface area contributed by atoms with Gasteiger partial charge < -0.3 is 15.0 Å². The lowest BCUT2D eigenvalue weighted by Gasteiger charge is -2.35. The van der Waals surface area contributed by atoms with Crippen molar-refractivity contribution < 1.29 is 9.53 Å². The maximum absolute atomic E-state index is 12.8. The summed E-state index contributed by atoms with van der Waals surface area (Å²) in [6.45, 7) is 5.87. The van der Waals surface area contributed by atoms with Gasteiger partial charge in [-0.05, 0) is 24.6 Å². The quantitative estimate of drug-likeness (QED) is 0.643. The van der Waals surface area contributed by atoms with E-state index in [0.29, 0.717) is 62.3 Å². The van der Waals surface area contributed by atoms with Crippen molar-refractivity contribution in [2.24, 2.45) is 0 Å². The standard InChI is InChI=1S/C20H25Cl2N5O3/c1-14-3-4-15(11-16(14)21)27-20(29)19(22)17(12-24-27)26-8-6-25(7-9-26)13-18(28)23-5-10-30-2/h3-4,11-12H,5-10,13H2,1-2H3,(H,23,28). The highest BCUT2D eigenvalue weighted by molar-refractivity contribution is 6.33. The number of halogens is 2. The van der Waals surface area contributed by atoms with Gasteiger partial charge in [-0.25, -0.2) is 0 Å². The highest BCUT2D eigenvalue weighted by Gasteiger charge is 2.22. The smallest absolute Gasteiger partial charge is 0.292 e. The van der Waals surface area contributed by atoms with Crippen LogP contribution in [0, 0.1) is 6.92 Å². The third-order valence-corrected chi connectivity index (χ3v) is 5.77. The van der Waals surface area contributed by atoms with E-state index < -0.39 is 5.56 Å². The first-order valence-electron chi connectivity index (χ1n) is 9.68. The van der Waals surface area contributed by atoms with E-state index in [4.69, 9.17) is 27.9 Å². The largest absolute Gasteiger partial charge is 0.383 e. The average Bonchev–Trinajstić information content (AvgIpc) is 2.73. The van der Waals surface area contributed by atoms with Gasteiger partial charge >= 0.3 is 0 Å². The number of methoxy groups -OCH3 is 1. The van der Waals surface area contributed by atoms with E-state index in [2.05, 4.69) is 15.3 Å². The van der Waals surface area contributed by atoms with Crippen molar-refractivity contribution >= 4 is 34.8 Å². The van der Waals surface area contributed by atoms with Crippen LogP contribution in [0.25, 0.3) is 5.69 Å². The van der Waals surface area contributed by atoms with Crippen LogP contribution in [0.5, 0.6) is 0 Å². The Morgan fingerprint density at radius 2 is 1.97 bits per heavy atom. The van der Waals surface area contributed by atoms with Crippen LogP contribution in [0.4, 0.5) is 5.69 Å². The van der Waals surface area contributed by atoms with Crippen molar-refractivity contribution in [3.05, 3.63) is 50.4 Å². The van der Waals surface area contributed by atoms with Crippen molar-refractivity contribution in [2.45, 2.75) is 6.92 Å². The summed E-state index contributed by atoms with van der Waals surface area (Å²) in [5.41, 5.74) is 1.68. The third-order valence-electron chi connectivity index (χ3n) is 5.01. The predicted molar refractivity (Wildman–Crippen MR) is 118 cm³/mol. The molecule has 1 aliphatic heterocycles. The van der Waals surface area contributed by atoms with Gasteiger partial charge in [-0.1, -0.05) is 29.3 Å². The summed E-state index contributed by atoms with van der Waals surface area (Å²) in [5, 5.41) is 7.79. The van der Waals surface area contributed by atoms with E-state index in [-0.39, 0.29) is 10.9 Å². The second kappa shape index (κ2) is 10.3. The first kappa shape index (κ1) is 22.6. The van der Waals surface area contributed by atoms with E-state index in [1.54, 1.807) is 25.4 Å². The monoisotopic (exact) mass is 453 g/mol. The zero-order chi connectivity index (χ0) is 21.7. The van der Waals surface area contributed by atoms with Gasteiger partial charge in [0.25, 0.3) is 5.56 Å². The molecule has 0 saturated carbocycles. The molecule has 1 aromatic heterocycles. The van der Waals surface area contributed by atoms with Crippen molar-refractivity contribution in [2.75, 3.05) is 57.9 Å². The van der Waals surface area contributed by atoms with E-state index in [0.717, 1.165) is 5.56 Å². The second-order valence-corrected chi connectivity index (χ2v) is 7.89. The Morgan fingerprint density at radius 1 is 1.23 bits per heavy atom. The third kappa shape index (κ3) is 5.31. The molecule has 0 aliphatic carbocycles. The summed E-state index contributed by atoms with van der Waals surface area (Å²) in [6, 6.07) is 5.30. The SMILES string of the molecule is COCCNC(=O)CN1CCN(c2cnn(-c3ccc(C)c(Cl)c3)c(=O)c2Cl)CC1. The second-order valence-electron chi connectivity index (χ2n) is 7.10. The number of aryl methyl sites for hydroxylation is 1. The first-order valence-corrected chi connectivity index (χ1v) is 10.4. The van der Waals surface area contributed by atoms with Gasteiger partial charge in [-0.3, -0.25) is 14.5 Å². The highest BCUT2D eigenvalue weighted by Crippen LogP contribution is 2.24. The minimum atomic E-state index is -0.394. The molecular formula is C20H25Cl2N5O3. The predicted octanol–water partition coefficient (Wildman–Crippen LogP) is 1.73. The zero-order valence-corrected chi connectivity index (χ0v) is 18.5. The number of benzene rings is 1. The molecule has 1 N–H and O–H groups in total. The number of anilines is 1. The van der Waals surface area contributed by atoms with E-state index in [9.17, 15) is 9.59 Å². The molecule has 0 bridgehead atoms. The van der Waals surface area contributed by atoms with Crippen LogP contribution >= 0.6 is 23.2 Å². The molecule has 10 heteroatoms. The molecule has 30 heavy (non-hydrogen) atoms. The average molecular weight is 454 g/mol. The topological polar surface area (TPSA) is 79.7 Å². The number of ether oxygens (including phenoxy) is 1. The normalized spacial score (nSPS) is 14.7. The molecule has 0 atom stereocenters. The lowest BCUT2D eigenvalue weighted by molar-refractivity contribution is -0.122. The fourth-order valence-electron chi connectivity index (χ4n) is 3.24. The Morgan fingerprint density at radius 3 is 2.63 bits per heavy atom. The van der Waals surface area contributed by atoms with E-state index >= 15 is 0 Å². The number of carbonyl (C=O) groups is 1. The molecule has 1 saturated heterocycles. The first-order chi connectivity index (χ1) is 14.4. The number of piperazine rings is 1. The molecule has 1 fully saturated rings. The van der Waals surface area contributed by atoms with Crippen LogP contribution in [-0.4, -0.2) is 73.6 Å². The summed E-state index contributed by atoms with van der Waals surface area (Å²) in [6.07, 6.45) is 1.60. The Labute approximate surface area is 185 Å². The Balaban J connectivity index is 1.65. The molecular weight excluding hydrogens is 429 g/mol. The Kier molecular flexibility index (Phi) is 7.71. The van der Waals surface area contributed by atoms with Gasteiger partial charge in [-0.2, -0.15) is 9.78 Å². The Hall–Kier alpha value is -2.13. The molecule has 1 aromatic carbocycles. The minimum Gasteiger partial charge on any atom is -0.383 e. The summed E-state index contributed by atoms with van der Waals surface area (Å²) in [5.74, 6) is -0.0282. The van der Waals surface area contributed by atoms with Crippen LogP contribution < -0.4 is 15.8 Å². The number of aromatic nitrogens is 2. The number of amides is 1. The molecule has 2 heterocycles. The van der Waals surface area contributed by atoms with Crippen molar-refractivity contribution in [1.82, 2.24) is 20.0 Å². The van der Waals surface area contributed by atoms with Crippen LogP contribution in [-0.2, 0) is 9.53 Å². The van der Waals surface area contributed by atoms with Crippen molar-refractivity contribution in [3.8, 4) is 5.69 Å². The number of nitrogens with zero attached hydrogens (tertiary/aromatic N) is 4. The van der Waals surface area contributed by atoms with Gasteiger partial charge in [0.1, 0.15) is 5.02 Å². The molecule has 0 radical (unpaired) electrons. The van der Waals surface area contributed by atoms with Crippen LogP contribution in [0.15, 0.2) is 29.2 Å². The Bertz CT molecular complexity index is 958.